The third-order valence-electron chi connectivity index (χ3n) is 3.35. The number of ether oxygens (including phenoxy) is 1. The predicted molar refractivity (Wildman–Crippen MR) is 72.5 cm³/mol. The molecule has 0 bridgehead atoms. The second-order valence-electron chi connectivity index (χ2n) is 4.72. The molecular formula is C14H12ClFN2O3. The van der Waals surface area contributed by atoms with E-state index in [2.05, 4.69) is 15.0 Å². The molecular weight excluding hydrogens is 299 g/mol. The van der Waals surface area contributed by atoms with Gasteiger partial charge >= 0.3 is 0 Å². The lowest BCUT2D eigenvalue weighted by Crippen LogP contribution is -2.37. The highest BCUT2D eigenvalue weighted by Crippen LogP contribution is 2.31. The van der Waals surface area contributed by atoms with Gasteiger partial charge in [-0.3, -0.25) is 4.79 Å². The monoisotopic (exact) mass is 310 g/mol. The van der Waals surface area contributed by atoms with Crippen LogP contribution in [-0.2, 0) is 4.74 Å². The lowest BCUT2D eigenvalue weighted by molar-refractivity contribution is 0.0814. The SMILES string of the molecule is O=C(N[C@H]1CCO[C@@H]1c1ccc(Cl)c(F)c1)c1ccon1. The summed E-state index contributed by atoms with van der Waals surface area (Å²) in [7, 11) is 0. The first-order chi connectivity index (χ1) is 10.1. The van der Waals surface area contributed by atoms with Gasteiger partial charge in [-0.1, -0.05) is 22.8 Å². The van der Waals surface area contributed by atoms with Gasteiger partial charge in [0.2, 0.25) is 0 Å². The lowest BCUT2D eigenvalue weighted by atomic mass is 10.0. The molecule has 1 aliphatic rings. The molecule has 1 N–H and O–H groups in total. The quantitative estimate of drug-likeness (QED) is 0.946. The van der Waals surface area contributed by atoms with Gasteiger partial charge in [0.1, 0.15) is 18.2 Å². The van der Waals surface area contributed by atoms with Gasteiger partial charge in [-0.15, -0.1) is 0 Å². The molecule has 0 unspecified atom stereocenters. The minimum atomic E-state index is -0.508. The second-order valence-corrected chi connectivity index (χ2v) is 5.13. The second kappa shape index (κ2) is 5.83. The van der Waals surface area contributed by atoms with Gasteiger partial charge < -0.3 is 14.6 Å². The smallest absolute Gasteiger partial charge is 0.273 e. The zero-order valence-electron chi connectivity index (χ0n) is 10.9. The van der Waals surface area contributed by atoms with Crippen molar-refractivity contribution in [2.24, 2.45) is 0 Å². The van der Waals surface area contributed by atoms with E-state index < -0.39 is 11.9 Å². The maximum atomic E-state index is 13.5. The number of amides is 1. The van der Waals surface area contributed by atoms with E-state index in [1.807, 2.05) is 0 Å². The van der Waals surface area contributed by atoms with E-state index in [4.69, 9.17) is 16.3 Å². The number of hydrogen-bond donors (Lipinski definition) is 1. The molecule has 3 rings (SSSR count). The van der Waals surface area contributed by atoms with E-state index in [0.717, 1.165) is 0 Å². The molecule has 5 nitrogen and oxygen atoms in total. The van der Waals surface area contributed by atoms with Crippen LogP contribution in [0.5, 0.6) is 0 Å². The standard InChI is InChI=1S/C14H12ClFN2O3/c15-9-2-1-8(7-10(9)16)13-11(3-5-20-13)17-14(19)12-4-6-21-18-12/h1-2,4,6-7,11,13H,3,5H2,(H,17,19)/t11-,13+/m0/s1. The fourth-order valence-corrected chi connectivity index (χ4v) is 2.44. The van der Waals surface area contributed by atoms with Crippen LogP contribution in [0.15, 0.2) is 35.1 Å². The maximum absolute atomic E-state index is 13.5. The van der Waals surface area contributed by atoms with E-state index >= 15 is 0 Å². The van der Waals surface area contributed by atoms with Crippen LogP contribution in [0.1, 0.15) is 28.6 Å². The largest absolute Gasteiger partial charge is 0.371 e. The van der Waals surface area contributed by atoms with Crippen LogP contribution in [-0.4, -0.2) is 23.7 Å². The molecule has 1 aliphatic heterocycles. The third kappa shape index (κ3) is 2.91. The molecule has 21 heavy (non-hydrogen) atoms. The van der Waals surface area contributed by atoms with Gasteiger partial charge in [0.15, 0.2) is 5.69 Å². The Labute approximate surface area is 125 Å². The Kier molecular flexibility index (Phi) is 3.90. The number of halogens is 2. The molecule has 7 heteroatoms. The van der Waals surface area contributed by atoms with Crippen molar-refractivity contribution in [3.63, 3.8) is 0 Å². The summed E-state index contributed by atoms with van der Waals surface area (Å²) >= 11 is 5.67. The number of aromatic nitrogens is 1. The number of carbonyl (C=O) groups excluding carboxylic acids is 1. The van der Waals surface area contributed by atoms with Crippen LogP contribution in [0.3, 0.4) is 0 Å². The number of hydrogen-bond acceptors (Lipinski definition) is 4. The van der Waals surface area contributed by atoms with Crippen LogP contribution in [0, 0.1) is 5.82 Å². The zero-order valence-corrected chi connectivity index (χ0v) is 11.6. The molecule has 0 aliphatic carbocycles. The third-order valence-corrected chi connectivity index (χ3v) is 3.66. The first kappa shape index (κ1) is 14.0. The van der Waals surface area contributed by atoms with Crippen molar-refractivity contribution in [1.82, 2.24) is 10.5 Å². The van der Waals surface area contributed by atoms with Gasteiger partial charge in [-0.2, -0.15) is 0 Å². The number of nitrogens with zero attached hydrogens (tertiary/aromatic N) is 1. The van der Waals surface area contributed by atoms with Crippen molar-refractivity contribution >= 4 is 17.5 Å². The summed E-state index contributed by atoms with van der Waals surface area (Å²) in [4.78, 5) is 12.0. The molecule has 1 aromatic heterocycles. The molecule has 0 radical (unpaired) electrons. The Morgan fingerprint density at radius 1 is 1.43 bits per heavy atom. The van der Waals surface area contributed by atoms with E-state index in [0.29, 0.717) is 18.6 Å². The lowest BCUT2D eigenvalue weighted by Gasteiger charge is -2.20. The van der Waals surface area contributed by atoms with E-state index in [9.17, 15) is 9.18 Å². The number of carbonyl (C=O) groups is 1. The molecule has 2 aromatic rings. The van der Waals surface area contributed by atoms with Crippen molar-refractivity contribution in [3.8, 4) is 0 Å². The van der Waals surface area contributed by atoms with Crippen LogP contribution in [0.4, 0.5) is 4.39 Å². The van der Waals surface area contributed by atoms with Crippen LogP contribution in [0.25, 0.3) is 0 Å². The van der Waals surface area contributed by atoms with Gasteiger partial charge in [0.25, 0.3) is 5.91 Å². The van der Waals surface area contributed by atoms with Crippen LogP contribution >= 0.6 is 11.6 Å². The molecule has 2 heterocycles. The van der Waals surface area contributed by atoms with Crippen LogP contribution < -0.4 is 5.32 Å². The highest BCUT2D eigenvalue weighted by atomic mass is 35.5. The molecule has 0 spiro atoms. The summed E-state index contributed by atoms with van der Waals surface area (Å²) < 4.78 is 23.8. The first-order valence-electron chi connectivity index (χ1n) is 6.43. The molecule has 1 amide bonds. The Morgan fingerprint density at radius 3 is 3.00 bits per heavy atom. The predicted octanol–water partition coefficient (Wildman–Crippen LogP) is 2.73. The van der Waals surface area contributed by atoms with E-state index in [1.165, 1.54) is 24.5 Å². The Balaban J connectivity index is 1.76. The molecule has 1 fully saturated rings. The number of rotatable bonds is 3. The zero-order chi connectivity index (χ0) is 14.8. The highest BCUT2D eigenvalue weighted by Gasteiger charge is 2.32. The van der Waals surface area contributed by atoms with Crippen LogP contribution in [0.2, 0.25) is 5.02 Å². The van der Waals surface area contributed by atoms with Gasteiger partial charge in [0.05, 0.1) is 11.1 Å². The fraction of sp³-hybridized carbons (Fsp3) is 0.286. The van der Waals surface area contributed by atoms with Crippen molar-refractivity contribution in [1.29, 1.82) is 0 Å². The fourth-order valence-electron chi connectivity index (χ4n) is 2.33. The summed E-state index contributed by atoms with van der Waals surface area (Å²) in [5.41, 5.74) is 0.836. The van der Waals surface area contributed by atoms with Crippen molar-refractivity contribution in [2.45, 2.75) is 18.6 Å². The average Bonchev–Trinajstić information content (AvgIpc) is 3.13. The Morgan fingerprint density at radius 2 is 2.29 bits per heavy atom. The van der Waals surface area contributed by atoms with Gasteiger partial charge in [-0.25, -0.2) is 4.39 Å². The summed E-state index contributed by atoms with van der Waals surface area (Å²) in [6, 6.07) is 5.71. The molecule has 110 valence electrons. The summed E-state index contributed by atoms with van der Waals surface area (Å²) in [6.07, 6.45) is 1.55. The number of nitrogens with one attached hydrogen (secondary N) is 1. The number of benzene rings is 1. The summed E-state index contributed by atoms with van der Waals surface area (Å²) in [5.74, 6) is -0.857. The molecule has 1 aromatic carbocycles. The van der Waals surface area contributed by atoms with Gasteiger partial charge in [0, 0.05) is 12.7 Å². The van der Waals surface area contributed by atoms with E-state index in [1.54, 1.807) is 6.07 Å². The maximum Gasteiger partial charge on any atom is 0.273 e. The van der Waals surface area contributed by atoms with Crippen molar-refractivity contribution < 1.29 is 18.4 Å². The topological polar surface area (TPSA) is 64.4 Å². The van der Waals surface area contributed by atoms with Crippen molar-refractivity contribution in [2.75, 3.05) is 6.61 Å². The first-order valence-corrected chi connectivity index (χ1v) is 6.81. The minimum Gasteiger partial charge on any atom is -0.371 e. The Hall–Kier alpha value is -1.92. The summed E-state index contributed by atoms with van der Waals surface area (Å²) in [6.45, 7) is 0.485. The average molecular weight is 311 g/mol. The summed E-state index contributed by atoms with van der Waals surface area (Å²) in [5, 5.41) is 6.45. The minimum absolute atomic E-state index is 0.0555. The van der Waals surface area contributed by atoms with Gasteiger partial charge in [-0.05, 0) is 24.1 Å². The molecule has 2 atom stereocenters. The highest BCUT2D eigenvalue weighted by molar-refractivity contribution is 6.30. The van der Waals surface area contributed by atoms with Crippen molar-refractivity contribution in [3.05, 3.63) is 52.6 Å². The molecule has 1 saturated heterocycles. The molecule has 0 saturated carbocycles. The van der Waals surface area contributed by atoms with E-state index in [-0.39, 0.29) is 22.7 Å². The normalized spacial score (nSPS) is 21.4. The Bertz CT molecular complexity index is 648.